The largest absolute Gasteiger partial charge is 0.464 e. The van der Waals surface area contributed by atoms with Gasteiger partial charge in [-0.1, -0.05) is 13.8 Å². The number of nitro benzene ring substituents is 1. The van der Waals surface area contributed by atoms with Gasteiger partial charge in [0.1, 0.15) is 12.0 Å². The van der Waals surface area contributed by atoms with E-state index in [4.69, 9.17) is 4.74 Å². The van der Waals surface area contributed by atoms with Crippen molar-refractivity contribution < 1.29 is 23.6 Å². The summed E-state index contributed by atoms with van der Waals surface area (Å²) in [6.07, 6.45) is 4.59. The van der Waals surface area contributed by atoms with Crippen molar-refractivity contribution in [1.29, 1.82) is 0 Å². The Hall–Kier alpha value is -2.72. The van der Waals surface area contributed by atoms with E-state index in [0.717, 1.165) is 59.7 Å². The van der Waals surface area contributed by atoms with Gasteiger partial charge in [-0.05, 0) is 48.8 Å². The van der Waals surface area contributed by atoms with E-state index >= 15 is 0 Å². The number of benzene rings is 2. The number of ether oxygens (including phenoxy) is 2. The molecule has 2 aromatic carbocycles. The Morgan fingerprint density at radius 2 is 1.97 bits per heavy atom. The number of rotatable bonds is 8. The topological polar surface area (TPSA) is 81.9 Å². The first kappa shape index (κ1) is 25.9. The van der Waals surface area contributed by atoms with E-state index < -0.39 is 16.7 Å². The summed E-state index contributed by atoms with van der Waals surface area (Å²) in [5, 5.41) is 11.1. The van der Waals surface area contributed by atoms with Gasteiger partial charge in [-0.3, -0.25) is 10.1 Å². The second-order valence-electron chi connectivity index (χ2n) is 7.90. The molecule has 7 nitrogen and oxygen atoms in total. The van der Waals surface area contributed by atoms with Gasteiger partial charge in [0, 0.05) is 35.0 Å². The summed E-state index contributed by atoms with van der Waals surface area (Å²) in [4.78, 5) is 26.0. The zero-order valence-electron chi connectivity index (χ0n) is 19.5. The number of fused-ring (bicyclic) bond motifs is 1. The molecule has 0 spiro atoms. The molecule has 182 valence electrons. The van der Waals surface area contributed by atoms with Crippen LogP contribution in [-0.2, 0) is 9.53 Å². The molecule has 1 aliphatic rings. The zero-order chi connectivity index (χ0) is 24.9. The molecule has 0 aliphatic carbocycles. The Bertz CT molecular complexity index is 1090. The van der Waals surface area contributed by atoms with Gasteiger partial charge >= 0.3 is 5.97 Å². The van der Waals surface area contributed by atoms with E-state index in [9.17, 15) is 19.3 Å². The second-order valence-corrected chi connectivity index (χ2v) is 9.77. The van der Waals surface area contributed by atoms with E-state index in [1.807, 2.05) is 18.4 Å². The number of methoxy groups -OCH3 is 1. The third-order valence-corrected chi connectivity index (χ3v) is 8.26. The average Bonchev–Trinajstić information content (AvgIpc) is 3.03. The predicted octanol–water partition coefficient (Wildman–Crippen LogP) is 6.73. The first-order valence-electron chi connectivity index (χ1n) is 10.7. The highest BCUT2D eigenvalue weighted by Gasteiger charge is 2.34. The number of hydrogen-bond acceptors (Lipinski definition) is 8. The fraction of sp³-hybridized carbons (Fsp3) is 0.375. The number of nitro groups is 1. The predicted molar refractivity (Wildman–Crippen MR) is 134 cm³/mol. The lowest BCUT2D eigenvalue weighted by Crippen LogP contribution is -2.35. The number of carbonyl (C=O) groups excluding carboxylic acids is 1. The number of esters is 1. The summed E-state index contributed by atoms with van der Waals surface area (Å²) in [6, 6.07) is 10.4. The van der Waals surface area contributed by atoms with E-state index in [-0.39, 0.29) is 11.1 Å². The number of halogens is 1. The van der Waals surface area contributed by atoms with Crippen molar-refractivity contribution in [2.24, 2.45) is 5.41 Å². The normalized spacial score (nSPS) is 15.3. The van der Waals surface area contributed by atoms with Crippen molar-refractivity contribution in [3.8, 4) is 5.75 Å². The highest BCUT2D eigenvalue weighted by Crippen LogP contribution is 2.49. The van der Waals surface area contributed by atoms with Gasteiger partial charge in [0.25, 0.3) is 5.69 Å². The minimum atomic E-state index is -1.12. The molecule has 0 radical (unpaired) electrons. The Morgan fingerprint density at radius 3 is 2.53 bits per heavy atom. The monoisotopic (exact) mass is 506 g/mol. The number of nitrogens with zero attached hydrogens (tertiary/aromatic N) is 2. The maximum Gasteiger partial charge on any atom is 0.370 e. The van der Waals surface area contributed by atoms with Crippen LogP contribution in [-0.4, -0.2) is 36.6 Å². The second kappa shape index (κ2) is 11.1. The summed E-state index contributed by atoms with van der Waals surface area (Å²) in [7, 11) is 1.10. The number of anilines is 2. The van der Waals surface area contributed by atoms with Crippen molar-refractivity contribution in [3.63, 3.8) is 0 Å². The molecule has 34 heavy (non-hydrogen) atoms. The third kappa shape index (κ3) is 5.50. The van der Waals surface area contributed by atoms with Crippen LogP contribution in [0.25, 0.3) is 0 Å². The van der Waals surface area contributed by atoms with Crippen LogP contribution >= 0.6 is 23.5 Å². The van der Waals surface area contributed by atoms with Gasteiger partial charge in [0.05, 0.1) is 22.6 Å². The third-order valence-electron chi connectivity index (χ3n) is 6.11. The molecule has 3 rings (SSSR count). The average molecular weight is 507 g/mol. The number of carbonyl (C=O) groups is 1. The van der Waals surface area contributed by atoms with Gasteiger partial charge in [-0.25, -0.2) is 4.79 Å². The summed E-state index contributed by atoms with van der Waals surface area (Å²) < 4.78 is 23.8. The van der Waals surface area contributed by atoms with E-state index in [1.54, 1.807) is 23.9 Å². The van der Waals surface area contributed by atoms with Crippen molar-refractivity contribution in [2.45, 2.75) is 36.5 Å². The molecule has 0 saturated carbocycles. The molecule has 0 amide bonds. The molecule has 10 heteroatoms. The molecule has 0 N–H and O–H groups in total. The van der Waals surface area contributed by atoms with Crippen molar-refractivity contribution in [1.82, 2.24) is 0 Å². The SMILES string of the molecule is CCC1(CC)CSc2cc(O/C=C(\F)C(=O)OC)c(SC)cc2N(c2ccc([N+](=O)[O-])cc2)C1. The van der Waals surface area contributed by atoms with Crippen LogP contribution in [0.5, 0.6) is 5.75 Å². The van der Waals surface area contributed by atoms with Crippen molar-refractivity contribution in [3.05, 3.63) is 58.6 Å². The first-order valence-corrected chi connectivity index (χ1v) is 13.0. The van der Waals surface area contributed by atoms with Crippen LogP contribution in [0.15, 0.2) is 58.3 Å². The minimum Gasteiger partial charge on any atom is -0.464 e. The highest BCUT2D eigenvalue weighted by atomic mass is 32.2. The summed E-state index contributed by atoms with van der Waals surface area (Å²) in [6.45, 7) is 5.11. The maximum absolute atomic E-state index is 13.9. The Kier molecular flexibility index (Phi) is 8.48. The minimum absolute atomic E-state index is 0.0307. The smallest absolute Gasteiger partial charge is 0.370 e. The first-order chi connectivity index (χ1) is 16.3. The molecule has 0 fully saturated rings. The molecule has 1 aliphatic heterocycles. The van der Waals surface area contributed by atoms with Crippen LogP contribution in [0.4, 0.5) is 21.5 Å². The van der Waals surface area contributed by atoms with Gasteiger partial charge < -0.3 is 14.4 Å². The molecule has 0 aromatic heterocycles. The fourth-order valence-electron chi connectivity index (χ4n) is 3.73. The Balaban J connectivity index is 2.09. The number of non-ortho nitro benzene ring substituents is 1. The van der Waals surface area contributed by atoms with Crippen LogP contribution in [0.1, 0.15) is 26.7 Å². The lowest BCUT2D eigenvalue weighted by molar-refractivity contribution is -0.384. The summed E-state index contributed by atoms with van der Waals surface area (Å²) in [5.74, 6) is -0.918. The van der Waals surface area contributed by atoms with E-state index in [1.165, 1.54) is 23.9 Å². The molecule has 0 unspecified atom stereocenters. The molecule has 1 heterocycles. The highest BCUT2D eigenvalue weighted by molar-refractivity contribution is 7.99. The van der Waals surface area contributed by atoms with Crippen molar-refractivity contribution >= 4 is 46.6 Å². The molecule has 0 atom stereocenters. The fourth-order valence-corrected chi connectivity index (χ4v) is 5.74. The number of hydrogen-bond donors (Lipinski definition) is 0. The zero-order valence-corrected chi connectivity index (χ0v) is 21.1. The quantitative estimate of drug-likeness (QED) is 0.0973. The van der Waals surface area contributed by atoms with Crippen LogP contribution in [0, 0.1) is 15.5 Å². The summed E-state index contributed by atoms with van der Waals surface area (Å²) in [5.41, 5.74) is 1.89. The molecule has 0 saturated heterocycles. The van der Waals surface area contributed by atoms with E-state index in [0.29, 0.717) is 5.75 Å². The van der Waals surface area contributed by atoms with Gasteiger partial charge in [-0.15, -0.1) is 23.5 Å². The lowest BCUT2D eigenvalue weighted by atomic mass is 9.83. The number of thioether (sulfide) groups is 2. The molecular weight excluding hydrogens is 479 g/mol. The molecule has 2 aromatic rings. The van der Waals surface area contributed by atoms with Crippen molar-refractivity contribution in [2.75, 3.05) is 30.6 Å². The lowest BCUT2D eigenvalue weighted by Gasteiger charge is -2.36. The van der Waals surface area contributed by atoms with Gasteiger partial charge in [0.15, 0.2) is 0 Å². The summed E-state index contributed by atoms with van der Waals surface area (Å²) >= 11 is 3.14. The van der Waals surface area contributed by atoms with Crippen LogP contribution in [0.2, 0.25) is 0 Å². The molecular formula is C24H27FN2O5S2. The van der Waals surface area contributed by atoms with Crippen LogP contribution in [0.3, 0.4) is 0 Å². The molecule has 0 bridgehead atoms. The van der Waals surface area contributed by atoms with Gasteiger partial charge in [0.2, 0.25) is 5.83 Å². The Labute approximate surface area is 206 Å². The standard InChI is InChI=1S/C24H27FN2O5S2/c1-5-24(6-2)14-26(16-7-9-17(10-8-16)27(29)30)19-11-22(33-4)20(12-21(19)34-15-24)32-13-18(25)23(28)31-3/h7-13H,5-6,14-15H2,1-4H3/b18-13-. The maximum atomic E-state index is 13.9. The van der Waals surface area contributed by atoms with Gasteiger partial charge in [-0.2, -0.15) is 4.39 Å². The van der Waals surface area contributed by atoms with E-state index in [2.05, 4.69) is 23.5 Å². The Morgan fingerprint density at radius 1 is 1.29 bits per heavy atom. The van der Waals surface area contributed by atoms with Crippen LogP contribution < -0.4 is 9.64 Å².